The van der Waals surface area contributed by atoms with Gasteiger partial charge in [-0.3, -0.25) is 9.59 Å². The zero-order valence-corrected chi connectivity index (χ0v) is 11.3. The van der Waals surface area contributed by atoms with Crippen molar-refractivity contribution in [2.24, 2.45) is 0 Å². The molecule has 5 nitrogen and oxygen atoms in total. The van der Waals surface area contributed by atoms with Crippen LogP contribution >= 0.6 is 0 Å². The molecular weight excluding hydrogens is 244 g/mol. The molecule has 1 atom stereocenters. The first-order chi connectivity index (χ1) is 9.02. The number of carbonyl (C=O) groups excluding carboxylic acids is 1. The van der Waals surface area contributed by atoms with Gasteiger partial charge in [-0.25, -0.2) is 0 Å². The summed E-state index contributed by atoms with van der Waals surface area (Å²) < 4.78 is 0. The van der Waals surface area contributed by atoms with Crippen molar-refractivity contribution in [3.63, 3.8) is 0 Å². The number of hydrogen-bond acceptors (Lipinski definition) is 3. The van der Waals surface area contributed by atoms with Crippen LogP contribution in [0.25, 0.3) is 0 Å². The highest BCUT2D eigenvalue weighted by molar-refractivity contribution is 5.80. The summed E-state index contributed by atoms with van der Waals surface area (Å²) in [7, 11) is 1.61. The summed E-state index contributed by atoms with van der Waals surface area (Å²) in [5.74, 6) is -0.847. The molecule has 1 aromatic rings. The summed E-state index contributed by atoms with van der Waals surface area (Å²) in [6.45, 7) is 1.93. The molecule has 104 valence electrons. The van der Waals surface area contributed by atoms with E-state index in [1.54, 1.807) is 7.05 Å². The van der Waals surface area contributed by atoms with Gasteiger partial charge in [-0.2, -0.15) is 0 Å². The topological polar surface area (TPSA) is 78.4 Å². The SMILES string of the molecule is CNC(=O)Cc1ccccc1NC(C)CCC(=O)O. The summed E-state index contributed by atoms with van der Waals surface area (Å²) in [5, 5.41) is 14.5. The van der Waals surface area contributed by atoms with E-state index in [0.29, 0.717) is 12.8 Å². The molecule has 1 rings (SSSR count). The van der Waals surface area contributed by atoms with Gasteiger partial charge in [-0.05, 0) is 25.0 Å². The Bertz CT molecular complexity index is 446. The molecule has 0 fully saturated rings. The Morgan fingerprint density at radius 1 is 1.32 bits per heavy atom. The number of rotatable bonds is 7. The van der Waals surface area contributed by atoms with Crippen LogP contribution in [0.4, 0.5) is 5.69 Å². The van der Waals surface area contributed by atoms with E-state index in [2.05, 4.69) is 10.6 Å². The zero-order chi connectivity index (χ0) is 14.3. The van der Waals surface area contributed by atoms with E-state index in [4.69, 9.17) is 5.11 Å². The monoisotopic (exact) mass is 264 g/mol. The van der Waals surface area contributed by atoms with Gasteiger partial charge >= 0.3 is 5.97 Å². The first kappa shape index (κ1) is 15.0. The maximum absolute atomic E-state index is 11.4. The highest BCUT2D eigenvalue weighted by atomic mass is 16.4. The molecule has 3 N–H and O–H groups in total. The summed E-state index contributed by atoms with van der Waals surface area (Å²) in [4.78, 5) is 21.9. The number of carboxylic acid groups (broad SMARTS) is 1. The maximum Gasteiger partial charge on any atom is 0.303 e. The summed E-state index contributed by atoms with van der Waals surface area (Å²) in [6.07, 6.45) is 0.987. The molecule has 1 aromatic carbocycles. The lowest BCUT2D eigenvalue weighted by Gasteiger charge is -2.17. The zero-order valence-electron chi connectivity index (χ0n) is 11.3. The quantitative estimate of drug-likeness (QED) is 0.699. The van der Waals surface area contributed by atoms with Crippen molar-refractivity contribution in [3.05, 3.63) is 29.8 Å². The molecule has 0 heterocycles. The Kier molecular flexibility index (Phi) is 5.85. The molecule has 0 aliphatic carbocycles. The lowest BCUT2D eigenvalue weighted by molar-refractivity contribution is -0.137. The number of likely N-dealkylation sites (N-methyl/N-ethyl adjacent to an activating group) is 1. The van der Waals surface area contributed by atoms with Crippen LogP contribution in [0.1, 0.15) is 25.3 Å². The highest BCUT2D eigenvalue weighted by Crippen LogP contribution is 2.17. The molecule has 19 heavy (non-hydrogen) atoms. The standard InChI is InChI=1S/C14H20N2O3/c1-10(7-8-14(18)19)16-12-6-4-3-5-11(12)9-13(17)15-2/h3-6,10,16H,7-9H2,1-2H3,(H,15,17)(H,18,19). The van der Waals surface area contributed by atoms with Crippen LogP contribution in [0.3, 0.4) is 0 Å². The summed E-state index contributed by atoms with van der Waals surface area (Å²) in [6, 6.07) is 7.60. The molecule has 0 bridgehead atoms. The fraction of sp³-hybridized carbons (Fsp3) is 0.429. The Hall–Kier alpha value is -2.04. The molecule has 0 aromatic heterocycles. The molecule has 1 unspecified atom stereocenters. The van der Waals surface area contributed by atoms with Crippen LogP contribution in [-0.4, -0.2) is 30.1 Å². The fourth-order valence-corrected chi connectivity index (χ4v) is 1.75. The average Bonchev–Trinajstić information content (AvgIpc) is 2.38. The van der Waals surface area contributed by atoms with Gasteiger partial charge in [0.15, 0.2) is 0 Å². The predicted molar refractivity (Wildman–Crippen MR) is 74.2 cm³/mol. The number of anilines is 1. The Labute approximate surface area is 113 Å². The van der Waals surface area contributed by atoms with E-state index >= 15 is 0 Å². The molecule has 1 amide bonds. The Morgan fingerprint density at radius 3 is 2.63 bits per heavy atom. The lowest BCUT2D eigenvalue weighted by atomic mass is 10.1. The van der Waals surface area contributed by atoms with Crippen molar-refractivity contribution < 1.29 is 14.7 Å². The minimum absolute atomic E-state index is 0.0435. The summed E-state index contributed by atoms with van der Waals surface area (Å²) in [5.41, 5.74) is 1.79. The van der Waals surface area contributed by atoms with Crippen molar-refractivity contribution in [2.45, 2.75) is 32.2 Å². The second-order valence-corrected chi connectivity index (χ2v) is 4.48. The summed E-state index contributed by atoms with van der Waals surface area (Å²) >= 11 is 0. The average molecular weight is 264 g/mol. The van der Waals surface area contributed by atoms with E-state index in [0.717, 1.165) is 11.3 Å². The third-order valence-corrected chi connectivity index (χ3v) is 2.84. The number of hydrogen-bond donors (Lipinski definition) is 3. The van der Waals surface area contributed by atoms with Crippen LogP contribution in [-0.2, 0) is 16.0 Å². The van der Waals surface area contributed by atoms with Crippen molar-refractivity contribution in [2.75, 3.05) is 12.4 Å². The molecule has 0 aliphatic heterocycles. The maximum atomic E-state index is 11.4. The first-order valence-corrected chi connectivity index (χ1v) is 6.29. The van der Waals surface area contributed by atoms with Crippen molar-refractivity contribution >= 4 is 17.6 Å². The highest BCUT2D eigenvalue weighted by Gasteiger charge is 2.10. The fourth-order valence-electron chi connectivity index (χ4n) is 1.75. The number of nitrogens with one attached hydrogen (secondary N) is 2. The number of benzene rings is 1. The van der Waals surface area contributed by atoms with Gasteiger partial charge in [0.25, 0.3) is 0 Å². The molecule has 0 saturated heterocycles. The van der Waals surface area contributed by atoms with Gasteiger partial charge in [0, 0.05) is 25.2 Å². The van der Waals surface area contributed by atoms with Crippen molar-refractivity contribution in [1.29, 1.82) is 0 Å². The number of amides is 1. The van der Waals surface area contributed by atoms with E-state index in [1.165, 1.54) is 0 Å². The molecule has 0 radical (unpaired) electrons. The number of carbonyl (C=O) groups is 2. The third-order valence-electron chi connectivity index (χ3n) is 2.84. The second-order valence-electron chi connectivity index (χ2n) is 4.48. The van der Waals surface area contributed by atoms with Crippen LogP contribution in [0.2, 0.25) is 0 Å². The van der Waals surface area contributed by atoms with Gasteiger partial charge in [-0.1, -0.05) is 18.2 Å². The van der Waals surface area contributed by atoms with E-state index in [9.17, 15) is 9.59 Å². The molecular formula is C14H20N2O3. The smallest absolute Gasteiger partial charge is 0.303 e. The van der Waals surface area contributed by atoms with Crippen LogP contribution in [0.5, 0.6) is 0 Å². The molecule has 0 saturated carbocycles. The van der Waals surface area contributed by atoms with Crippen molar-refractivity contribution in [3.8, 4) is 0 Å². The Morgan fingerprint density at radius 2 is 2.00 bits per heavy atom. The Balaban J connectivity index is 2.66. The number of para-hydroxylation sites is 1. The van der Waals surface area contributed by atoms with Crippen LogP contribution < -0.4 is 10.6 Å². The number of carboxylic acids is 1. The van der Waals surface area contributed by atoms with Crippen molar-refractivity contribution in [1.82, 2.24) is 5.32 Å². The normalized spacial score (nSPS) is 11.7. The lowest BCUT2D eigenvalue weighted by Crippen LogP contribution is -2.22. The van der Waals surface area contributed by atoms with Crippen LogP contribution in [0, 0.1) is 0 Å². The first-order valence-electron chi connectivity index (χ1n) is 6.29. The largest absolute Gasteiger partial charge is 0.481 e. The van der Waals surface area contributed by atoms with Gasteiger partial charge in [0.2, 0.25) is 5.91 Å². The van der Waals surface area contributed by atoms with Gasteiger partial charge in [0.05, 0.1) is 6.42 Å². The second kappa shape index (κ2) is 7.41. The number of aliphatic carboxylic acids is 1. The van der Waals surface area contributed by atoms with Crippen LogP contribution in [0.15, 0.2) is 24.3 Å². The van der Waals surface area contributed by atoms with E-state index in [-0.39, 0.29) is 18.4 Å². The molecule has 0 aliphatic rings. The van der Waals surface area contributed by atoms with Gasteiger partial charge in [-0.15, -0.1) is 0 Å². The minimum Gasteiger partial charge on any atom is -0.481 e. The van der Waals surface area contributed by atoms with Gasteiger partial charge < -0.3 is 15.7 Å². The molecule has 0 spiro atoms. The molecule has 5 heteroatoms. The van der Waals surface area contributed by atoms with E-state index in [1.807, 2.05) is 31.2 Å². The van der Waals surface area contributed by atoms with E-state index < -0.39 is 5.97 Å². The predicted octanol–water partition coefficient (Wildman–Crippen LogP) is 1.64. The third kappa shape index (κ3) is 5.42. The van der Waals surface area contributed by atoms with Gasteiger partial charge in [0.1, 0.15) is 0 Å². The minimum atomic E-state index is -0.799.